The number of hydrogen-bond acceptors (Lipinski definition) is 4. The van der Waals surface area contributed by atoms with Crippen LogP contribution in [0.3, 0.4) is 0 Å². The average Bonchev–Trinajstić information content (AvgIpc) is 2.88. The Hall–Kier alpha value is -0.850. The predicted octanol–water partition coefficient (Wildman–Crippen LogP) is 0.652. The smallest absolute Gasteiger partial charge is 0.276 e. The molecule has 1 N–H and O–H groups in total. The third-order valence-electron chi connectivity index (χ3n) is 2.82. The summed E-state index contributed by atoms with van der Waals surface area (Å²) >= 11 is 0. The fourth-order valence-corrected chi connectivity index (χ4v) is 3.69. The van der Waals surface area contributed by atoms with Gasteiger partial charge in [-0.25, -0.2) is 8.42 Å². The van der Waals surface area contributed by atoms with E-state index in [1.165, 1.54) is 16.6 Å². The number of sulfonamides is 1. The van der Waals surface area contributed by atoms with Gasteiger partial charge in [0.1, 0.15) is 0 Å². The quantitative estimate of drug-likeness (QED) is 0.845. The van der Waals surface area contributed by atoms with E-state index in [9.17, 15) is 8.42 Å². The molecule has 0 spiro atoms. The lowest BCUT2D eigenvalue weighted by Crippen LogP contribution is -2.40. The molecule has 0 saturated carbocycles. The van der Waals surface area contributed by atoms with Crippen LogP contribution in [0.4, 0.5) is 0 Å². The highest BCUT2D eigenvalue weighted by atomic mass is 32.2. The second-order valence-corrected chi connectivity index (χ2v) is 5.72. The second-order valence-electron chi connectivity index (χ2n) is 3.90. The van der Waals surface area contributed by atoms with Gasteiger partial charge in [-0.3, -0.25) is 0 Å². The zero-order valence-corrected chi connectivity index (χ0v) is 10.0. The summed E-state index contributed by atoms with van der Waals surface area (Å²) in [5, 5.41) is 3.06. The zero-order chi connectivity index (χ0) is 11.6. The van der Waals surface area contributed by atoms with Crippen LogP contribution in [0.1, 0.15) is 12.8 Å². The molecular formula is C10H16N2O3S. The van der Waals surface area contributed by atoms with Crippen LogP contribution in [0.5, 0.6) is 0 Å². The molecule has 5 nitrogen and oxygen atoms in total. The molecule has 0 aliphatic carbocycles. The number of hydrogen-bond donors (Lipinski definition) is 1. The largest absolute Gasteiger partial charge is 0.452 e. The van der Waals surface area contributed by atoms with Crippen molar-refractivity contribution < 1.29 is 12.8 Å². The first-order valence-electron chi connectivity index (χ1n) is 5.36. The molecule has 1 aromatic rings. The van der Waals surface area contributed by atoms with Gasteiger partial charge in [0.2, 0.25) is 5.09 Å². The number of furan rings is 1. The fourth-order valence-electron chi connectivity index (χ4n) is 2.09. The predicted molar refractivity (Wildman–Crippen MR) is 59.5 cm³/mol. The average molecular weight is 244 g/mol. The summed E-state index contributed by atoms with van der Waals surface area (Å²) in [6.45, 7) is 1.26. The second kappa shape index (κ2) is 4.57. The Balaban J connectivity index is 2.24. The highest BCUT2D eigenvalue weighted by Crippen LogP contribution is 2.25. The van der Waals surface area contributed by atoms with Gasteiger partial charge in [0.15, 0.2) is 0 Å². The molecule has 0 radical (unpaired) electrons. The van der Waals surface area contributed by atoms with E-state index in [-0.39, 0.29) is 11.1 Å². The Morgan fingerprint density at radius 1 is 1.62 bits per heavy atom. The molecule has 2 rings (SSSR count). The minimum atomic E-state index is -3.44. The van der Waals surface area contributed by atoms with Crippen LogP contribution in [-0.4, -0.2) is 38.9 Å². The van der Waals surface area contributed by atoms with Gasteiger partial charge < -0.3 is 9.73 Å². The number of nitrogens with one attached hydrogen (secondary N) is 1. The summed E-state index contributed by atoms with van der Waals surface area (Å²) < 4.78 is 30.9. The Morgan fingerprint density at radius 2 is 2.44 bits per heavy atom. The van der Waals surface area contributed by atoms with Crippen LogP contribution >= 0.6 is 0 Å². The number of likely N-dealkylation sites (N-methyl/N-ethyl adjacent to an activating group) is 1. The minimum Gasteiger partial charge on any atom is -0.452 e. The van der Waals surface area contributed by atoms with Gasteiger partial charge in [0.25, 0.3) is 10.0 Å². The normalized spacial score (nSPS) is 22.7. The number of nitrogens with zero attached hydrogens (tertiary/aromatic N) is 1. The summed E-state index contributed by atoms with van der Waals surface area (Å²) in [6.07, 6.45) is 3.20. The Labute approximate surface area is 95.5 Å². The standard InChI is InChI=1S/C10H16N2O3S/c1-11-8-9-4-2-6-12(9)16(13,14)10-5-3-7-15-10/h3,5,7,9,11H,2,4,6,8H2,1H3. The molecule has 0 aromatic carbocycles. The van der Waals surface area contributed by atoms with Gasteiger partial charge in [-0.05, 0) is 32.0 Å². The van der Waals surface area contributed by atoms with E-state index < -0.39 is 10.0 Å². The van der Waals surface area contributed by atoms with Crippen LogP contribution < -0.4 is 5.32 Å². The zero-order valence-electron chi connectivity index (χ0n) is 9.22. The van der Waals surface area contributed by atoms with E-state index >= 15 is 0 Å². The highest BCUT2D eigenvalue weighted by molar-refractivity contribution is 7.89. The molecule has 1 aromatic heterocycles. The molecule has 1 aliphatic heterocycles. The SMILES string of the molecule is CNCC1CCCN1S(=O)(=O)c1ccco1. The molecule has 0 amide bonds. The summed E-state index contributed by atoms with van der Waals surface area (Å²) in [5.74, 6) is 0. The van der Waals surface area contributed by atoms with E-state index in [0.29, 0.717) is 13.1 Å². The Bertz CT molecular complexity index is 427. The van der Waals surface area contributed by atoms with E-state index in [1.807, 2.05) is 7.05 Å². The molecule has 2 heterocycles. The van der Waals surface area contributed by atoms with Gasteiger partial charge >= 0.3 is 0 Å². The van der Waals surface area contributed by atoms with Crippen molar-refractivity contribution in [3.63, 3.8) is 0 Å². The Kier molecular flexibility index (Phi) is 3.32. The highest BCUT2D eigenvalue weighted by Gasteiger charge is 2.36. The van der Waals surface area contributed by atoms with E-state index in [1.54, 1.807) is 6.07 Å². The van der Waals surface area contributed by atoms with Crippen molar-refractivity contribution in [1.82, 2.24) is 9.62 Å². The van der Waals surface area contributed by atoms with Crippen molar-refractivity contribution in [2.75, 3.05) is 20.1 Å². The van der Waals surface area contributed by atoms with Gasteiger partial charge in [-0.1, -0.05) is 0 Å². The van der Waals surface area contributed by atoms with Crippen LogP contribution in [-0.2, 0) is 10.0 Å². The molecule has 1 fully saturated rings. The molecule has 1 saturated heterocycles. The first-order chi connectivity index (χ1) is 7.66. The van der Waals surface area contributed by atoms with Crippen molar-refractivity contribution in [2.45, 2.75) is 24.0 Å². The lowest BCUT2D eigenvalue weighted by Gasteiger charge is -2.22. The summed E-state index contributed by atoms with van der Waals surface area (Å²) in [4.78, 5) is 0. The molecule has 6 heteroatoms. The van der Waals surface area contributed by atoms with E-state index in [0.717, 1.165) is 12.8 Å². The third-order valence-corrected chi connectivity index (χ3v) is 4.66. The summed E-state index contributed by atoms with van der Waals surface area (Å²) in [6, 6.07) is 3.13. The Morgan fingerprint density at radius 3 is 3.06 bits per heavy atom. The summed E-state index contributed by atoms with van der Waals surface area (Å²) in [5.41, 5.74) is 0. The maximum atomic E-state index is 12.2. The third kappa shape index (κ3) is 2.00. The number of rotatable bonds is 4. The monoisotopic (exact) mass is 244 g/mol. The van der Waals surface area contributed by atoms with E-state index in [2.05, 4.69) is 5.32 Å². The topological polar surface area (TPSA) is 62.6 Å². The lowest BCUT2D eigenvalue weighted by molar-refractivity contribution is 0.357. The minimum absolute atomic E-state index is 0.0375. The molecule has 1 aliphatic rings. The fraction of sp³-hybridized carbons (Fsp3) is 0.600. The molecule has 0 bridgehead atoms. The van der Waals surface area contributed by atoms with Gasteiger partial charge in [0, 0.05) is 19.1 Å². The van der Waals surface area contributed by atoms with Crippen molar-refractivity contribution in [3.8, 4) is 0 Å². The van der Waals surface area contributed by atoms with Gasteiger partial charge in [-0.15, -0.1) is 0 Å². The first kappa shape index (κ1) is 11.6. The van der Waals surface area contributed by atoms with Crippen molar-refractivity contribution in [3.05, 3.63) is 18.4 Å². The van der Waals surface area contributed by atoms with Crippen LogP contribution in [0, 0.1) is 0 Å². The lowest BCUT2D eigenvalue weighted by atomic mass is 10.2. The molecule has 1 atom stereocenters. The van der Waals surface area contributed by atoms with Crippen molar-refractivity contribution in [1.29, 1.82) is 0 Å². The van der Waals surface area contributed by atoms with Crippen molar-refractivity contribution in [2.24, 2.45) is 0 Å². The molecular weight excluding hydrogens is 228 g/mol. The molecule has 1 unspecified atom stereocenters. The van der Waals surface area contributed by atoms with Gasteiger partial charge in [-0.2, -0.15) is 4.31 Å². The molecule has 90 valence electrons. The van der Waals surface area contributed by atoms with E-state index in [4.69, 9.17) is 4.42 Å². The maximum Gasteiger partial charge on any atom is 0.276 e. The van der Waals surface area contributed by atoms with Crippen LogP contribution in [0.25, 0.3) is 0 Å². The van der Waals surface area contributed by atoms with Crippen LogP contribution in [0.15, 0.2) is 27.9 Å². The van der Waals surface area contributed by atoms with Crippen LogP contribution in [0.2, 0.25) is 0 Å². The first-order valence-corrected chi connectivity index (χ1v) is 6.80. The maximum absolute atomic E-state index is 12.2. The summed E-state index contributed by atoms with van der Waals surface area (Å²) in [7, 11) is -1.61. The van der Waals surface area contributed by atoms with Crippen molar-refractivity contribution >= 4 is 10.0 Å². The molecule has 16 heavy (non-hydrogen) atoms. The van der Waals surface area contributed by atoms with Gasteiger partial charge in [0.05, 0.1) is 6.26 Å².